The maximum absolute atomic E-state index is 12.7. The molecule has 2 N–H and O–H groups in total. The Hall–Kier alpha value is -2.70. The van der Waals surface area contributed by atoms with Crippen LogP contribution in [-0.2, 0) is 27.3 Å². The van der Waals surface area contributed by atoms with Crippen LogP contribution in [0, 0.1) is 0 Å². The van der Waals surface area contributed by atoms with Crippen molar-refractivity contribution in [3.8, 4) is 0 Å². The van der Waals surface area contributed by atoms with Crippen molar-refractivity contribution in [2.45, 2.75) is 58.3 Å². The number of benzene rings is 2. The third kappa shape index (κ3) is 7.68. The number of ether oxygens (including phenoxy) is 1. The zero-order valence-electron chi connectivity index (χ0n) is 17.5. The summed E-state index contributed by atoms with van der Waals surface area (Å²) >= 11 is 0. The molecule has 29 heavy (non-hydrogen) atoms. The molecule has 2 aromatic carbocycles. The summed E-state index contributed by atoms with van der Waals surface area (Å²) in [4.78, 5) is 25.4. The van der Waals surface area contributed by atoms with Gasteiger partial charge < -0.3 is 15.3 Å². The van der Waals surface area contributed by atoms with E-state index in [1.807, 2.05) is 60.7 Å². The molecule has 0 aliphatic heterocycles. The van der Waals surface area contributed by atoms with Crippen LogP contribution in [0.15, 0.2) is 60.7 Å². The molecule has 1 amide bonds. The molecule has 0 unspecified atom stereocenters. The molecular weight excluding hydrogens is 368 g/mol. The number of rotatable bonds is 8. The van der Waals surface area contributed by atoms with Crippen molar-refractivity contribution >= 4 is 11.9 Å². The van der Waals surface area contributed by atoms with Crippen molar-refractivity contribution in [2.75, 3.05) is 0 Å². The minimum Gasteiger partial charge on any atom is -0.458 e. The molecule has 0 saturated carbocycles. The lowest BCUT2D eigenvalue weighted by Crippen LogP contribution is -2.51. The Bertz CT molecular complexity index is 788. The van der Waals surface area contributed by atoms with Gasteiger partial charge in [0.05, 0.1) is 0 Å². The Balaban J connectivity index is 2.07. The number of nitrogens with zero attached hydrogens (tertiary/aromatic N) is 1. The molecule has 2 atom stereocenters. The monoisotopic (exact) mass is 398 g/mol. The van der Waals surface area contributed by atoms with Crippen LogP contribution >= 0.6 is 0 Å². The lowest BCUT2D eigenvalue weighted by atomic mass is 10.0. The lowest BCUT2D eigenvalue weighted by molar-refractivity contribution is -0.164. The second-order valence-corrected chi connectivity index (χ2v) is 8.04. The average Bonchev–Trinajstić information content (AvgIpc) is 2.67. The first kappa shape index (κ1) is 22.6. The van der Waals surface area contributed by atoms with Gasteiger partial charge >= 0.3 is 5.97 Å². The van der Waals surface area contributed by atoms with Gasteiger partial charge in [0.2, 0.25) is 5.91 Å². The van der Waals surface area contributed by atoms with Gasteiger partial charge in [-0.25, -0.2) is 4.79 Å². The summed E-state index contributed by atoms with van der Waals surface area (Å²) in [6.07, 6.45) is 0.304. The topological polar surface area (TPSA) is 78.9 Å². The number of hydroxylamine groups is 2. The lowest BCUT2D eigenvalue weighted by Gasteiger charge is -2.27. The molecule has 0 heterocycles. The number of hydrogen-bond acceptors (Lipinski definition) is 5. The summed E-state index contributed by atoms with van der Waals surface area (Å²) in [6.45, 7) is 7.14. The number of esters is 1. The van der Waals surface area contributed by atoms with Crippen LogP contribution in [-0.4, -0.2) is 39.8 Å². The zero-order chi connectivity index (χ0) is 21.4. The van der Waals surface area contributed by atoms with Crippen LogP contribution in [0.4, 0.5) is 0 Å². The predicted octanol–water partition coefficient (Wildman–Crippen LogP) is 3.34. The first-order valence-electron chi connectivity index (χ1n) is 9.72. The summed E-state index contributed by atoms with van der Waals surface area (Å²) < 4.78 is 5.48. The molecule has 0 fully saturated rings. The van der Waals surface area contributed by atoms with E-state index in [2.05, 4.69) is 5.32 Å². The maximum Gasteiger partial charge on any atom is 0.329 e. The van der Waals surface area contributed by atoms with Crippen molar-refractivity contribution in [1.82, 2.24) is 10.4 Å². The van der Waals surface area contributed by atoms with Crippen molar-refractivity contribution in [3.63, 3.8) is 0 Å². The third-order valence-corrected chi connectivity index (χ3v) is 4.30. The summed E-state index contributed by atoms with van der Waals surface area (Å²) in [5.74, 6) is -0.954. The Morgan fingerprint density at radius 1 is 1.00 bits per heavy atom. The van der Waals surface area contributed by atoms with E-state index in [1.165, 1.54) is 0 Å². The van der Waals surface area contributed by atoms with Crippen molar-refractivity contribution in [3.05, 3.63) is 71.8 Å². The molecule has 0 spiro atoms. The zero-order valence-corrected chi connectivity index (χ0v) is 17.5. The smallest absolute Gasteiger partial charge is 0.329 e. The van der Waals surface area contributed by atoms with E-state index in [1.54, 1.807) is 27.7 Å². The highest BCUT2D eigenvalue weighted by Gasteiger charge is 2.30. The molecule has 2 aromatic rings. The molecule has 156 valence electrons. The van der Waals surface area contributed by atoms with Gasteiger partial charge in [-0.15, -0.1) is 0 Å². The third-order valence-electron chi connectivity index (χ3n) is 4.30. The molecule has 0 aromatic heterocycles. The van der Waals surface area contributed by atoms with Crippen LogP contribution in [0.1, 0.15) is 38.8 Å². The Morgan fingerprint density at radius 2 is 1.52 bits per heavy atom. The fraction of sp³-hybridized carbons (Fsp3) is 0.391. The average molecular weight is 399 g/mol. The summed E-state index contributed by atoms with van der Waals surface area (Å²) in [5, 5.41) is 14.0. The standard InChI is InChI=1S/C23H30N2O4/c1-17(25(28)16-19-13-9-6-10-14-19)21(26)24-20(22(27)29-23(2,3)4)15-18-11-7-5-8-12-18/h5-14,17,20,28H,15-16H2,1-4H3,(H,24,26)/t17-,20-/m0/s1. The number of carbonyl (C=O) groups excluding carboxylic acids is 2. The molecule has 6 nitrogen and oxygen atoms in total. The van der Waals surface area contributed by atoms with E-state index >= 15 is 0 Å². The van der Waals surface area contributed by atoms with Gasteiger partial charge in [-0.3, -0.25) is 4.79 Å². The Kier molecular flexibility index (Phi) is 7.93. The van der Waals surface area contributed by atoms with Crippen LogP contribution in [0.2, 0.25) is 0 Å². The fourth-order valence-corrected chi connectivity index (χ4v) is 2.75. The molecule has 0 bridgehead atoms. The van der Waals surface area contributed by atoms with E-state index < -0.39 is 29.6 Å². The van der Waals surface area contributed by atoms with Crippen molar-refractivity contribution < 1.29 is 19.5 Å². The largest absolute Gasteiger partial charge is 0.458 e. The number of amides is 1. The second-order valence-electron chi connectivity index (χ2n) is 8.04. The quantitative estimate of drug-likeness (QED) is 0.527. The molecular formula is C23H30N2O4. The number of nitrogens with one attached hydrogen (secondary N) is 1. The van der Waals surface area contributed by atoms with Gasteiger partial charge in [0.1, 0.15) is 17.7 Å². The van der Waals surface area contributed by atoms with E-state index in [0.29, 0.717) is 6.42 Å². The highest BCUT2D eigenvalue weighted by molar-refractivity contribution is 5.87. The van der Waals surface area contributed by atoms with E-state index in [0.717, 1.165) is 16.2 Å². The van der Waals surface area contributed by atoms with Gasteiger partial charge in [0, 0.05) is 13.0 Å². The normalized spacial score (nSPS) is 13.6. The number of carbonyl (C=O) groups is 2. The number of hydrogen-bond donors (Lipinski definition) is 2. The first-order chi connectivity index (χ1) is 13.7. The van der Waals surface area contributed by atoms with E-state index in [4.69, 9.17) is 4.74 Å². The van der Waals surface area contributed by atoms with Gasteiger partial charge in [-0.05, 0) is 38.8 Å². The maximum atomic E-state index is 12.7. The van der Waals surface area contributed by atoms with Crippen molar-refractivity contribution in [2.24, 2.45) is 0 Å². The van der Waals surface area contributed by atoms with Gasteiger partial charge in [0.25, 0.3) is 0 Å². The highest BCUT2D eigenvalue weighted by atomic mass is 16.6. The summed E-state index contributed by atoms with van der Waals surface area (Å²) in [6, 6.07) is 17.1. The van der Waals surface area contributed by atoms with Crippen LogP contribution in [0.5, 0.6) is 0 Å². The molecule has 2 rings (SSSR count). The predicted molar refractivity (Wildman–Crippen MR) is 111 cm³/mol. The summed E-state index contributed by atoms with van der Waals surface area (Å²) in [5.41, 5.74) is 1.11. The van der Waals surface area contributed by atoms with Crippen LogP contribution in [0.3, 0.4) is 0 Å². The first-order valence-corrected chi connectivity index (χ1v) is 9.72. The molecule has 0 aliphatic carbocycles. The minimum atomic E-state index is -0.850. The minimum absolute atomic E-state index is 0.200. The SMILES string of the molecule is C[C@@H](C(=O)N[C@@H](Cc1ccccc1)C(=O)OC(C)(C)C)N(O)Cc1ccccc1. The molecule has 0 radical (unpaired) electrons. The fourth-order valence-electron chi connectivity index (χ4n) is 2.75. The molecule has 0 saturated heterocycles. The van der Waals surface area contributed by atoms with Crippen molar-refractivity contribution in [1.29, 1.82) is 0 Å². The van der Waals surface area contributed by atoms with Crippen LogP contribution < -0.4 is 5.32 Å². The molecule has 0 aliphatic rings. The Morgan fingerprint density at radius 3 is 2.03 bits per heavy atom. The van der Waals surface area contributed by atoms with E-state index in [9.17, 15) is 14.8 Å². The van der Waals surface area contributed by atoms with Gasteiger partial charge in [0.15, 0.2) is 0 Å². The summed E-state index contributed by atoms with van der Waals surface area (Å²) in [7, 11) is 0. The Labute approximate surface area is 172 Å². The second kappa shape index (κ2) is 10.2. The highest BCUT2D eigenvalue weighted by Crippen LogP contribution is 2.13. The van der Waals surface area contributed by atoms with Gasteiger partial charge in [-0.2, -0.15) is 5.06 Å². The van der Waals surface area contributed by atoms with Gasteiger partial charge in [-0.1, -0.05) is 60.7 Å². The van der Waals surface area contributed by atoms with Crippen LogP contribution in [0.25, 0.3) is 0 Å². The molecule has 6 heteroatoms. The van der Waals surface area contributed by atoms with E-state index in [-0.39, 0.29) is 6.54 Å².